The zero-order chi connectivity index (χ0) is 19.6. The lowest BCUT2D eigenvalue weighted by atomic mass is 10.0. The third-order valence-electron chi connectivity index (χ3n) is 4.03. The predicted molar refractivity (Wildman–Crippen MR) is 99.5 cm³/mol. The van der Waals surface area contributed by atoms with Gasteiger partial charge in [0.1, 0.15) is 11.4 Å². The molecule has 7 nitrogen and oxygen atoms in total. The van der Waals surface area contributed by atoms with E-state index in [0.717, 1.165) is 16.7 Å². The highest BCUT2D eigenvalue weighted by Crippen LogP contribution is 2.27. The van der Waals surface area contributed by atoms with Gasteiger partial charge in [0.2, 0.25) is 0 Å². The van der Waals surface area contributed by atoms with Gasteiger partial charge < -0.3 is 15.6 Å². The molecule has 1 heterocycles. The SMILES string of the molecule is Cc1nc(C)c(-c2ccc(-c3ccc(OC(=O)O)cc3)cc2)nc1C(N)=O. The predicted octanol–water partition coefficient (Wildman–Crippen LogP) is 3.58. The van der Waals surface area contributed by atoms with Gasteiger partial charge in [-0.05, 0) is 37.1 Å². The summed E-state index contributed by atoms with van der Waals surface area (Å²) in [5.74, 6) is -0.353. The van der Waals surface area contributed by atoms with Crippen LogP contribution in [0.4, 0.5) is 4.79 Å². The van der Waals surface area contributed by atoms with Crippen molar-refractivity contribution in [3.8, 4) is 28.1 Å². The minimum absolute atomic E-state index is 0.161. The van der Waals surface area contributed by atoms with E-state index in [4.69, 9.17) is 10.8 Å². The van der Waals surface area contributed by atoms with Gasteiger partial charge in [-0.15, -0.1) is 0 Å². The molecule has 0 unspecified atom stereocenters. The number of carboxylic acid groups (broad SMARTS) is 1. The Hall–Kier alpha value is -3.74. The monoisotopic (exact) mass is 363 g/mol. The molecule has 0 aliphatic rings. The summed E-state index contributed by atoms with van der Waals surface area (Å²) in [5, 5.41) is 8.62. The van der Waals surface area contributed by atoms with E-state index in [1.807, 2.05) is 31.2 Å². The molecule has 0 aliphatic carbocycles. The van der Waals surface area contributed by atoms with Crippen molar-refractivity contribution < 1.29 is 19.4 Å². The number of carbonyl (C=O) groups is 2. The molecule has 0 aliphatic heterocycles. The van der Waals surface area contributed by atoms with Gasteiger partial charge in [-0.25, -0.2) is 9.78 Å². The average molecular weight is 363 g/mol. The van der Waals surface area contributed by atoms with Crippen LogP contribution >= 0.6 is 0 Å². The fourth-order valence-electron chi connectivity index (χ4n) is 2.77. The number of rotatable bonds is 4. The fourth-order valence-corrected chi connectivity index (χ4v) is 2.77. The summed E-state index contributed by atoms with van der Waals surface area (Å²) >= 11 is 0. The molecule has 27 heavy (non-hydrogen) atoms. The quantitative estimate of drug-likeness (QED) is 0.541. The van der Waals surface area contributed by atoms with Crippen LogP contribution in [0.15, 0.2) is 48.5 Å². The van der Waals surface area contributed by atoms with Crippen molar-refractivity contribution in [3.63, 3.8) is 0 Å². The van der Waals surface area contributed by atoms with Crippen LogP contribution in [0.5, 0.6) is 5.75 Å². The largest absolute Gasteiger partial charge is 0.511 e. The van der Waals surface area contributed by atoms with E-state index < -0.39 is 12.1 Å². The number of nitrogens with two attached hydrogens (primary N) is 1. The first-order valence-corrected chi connectivity index (χ1v) is 8.12. The van der Waals surface area contributed by atoms with Crippen LogP contribution in [-0.4, -0.2) is 27.1 Å². The summed E-state index contributed by atoms with van der Waals surface area (Å²) in [5.41, 5.74) is 10.0. The molecule has 0 bridgehead atoms. The highest BCUT2D eigenvalue weighted by molar-refractivity contribution is 5.92. The number of benzene rings is 2. The third-order valence-corrected chi connectivity index (χ3v) is 4.03. The molecule has 0 spiro atoms. The molecule has 0 atom stereocenters. The maximum absolute atomic E-state index is 11.5. The lowest BCUT2D eigenvalue weighted by molar-refractivity contribution is 0.0994. The molecular weight excluding hydrogens is 346 g/mol. The number of hydrogen-bond donors (Lipinski definition) is 2. The van der Waals surface area contributed by atoms with Gasteiger partial charge in [-0.2, -0.15) is 0 Å². The Kier molecular flexibility index (Phi) is 4.85. The molecule has 7 heteroatoms. The van der Waals surface area contributed by atoms with Crippen molar-refractivity contribution in [2.45, 2.75) is 13.8 Å². The highest BCUT2D eigenvalue weighted by Gasteiger charge is 2.14. The average Bonchev–Trinajstić information content (AvgIpc) is 2.62. The second-order valence-corrected chi connectivity index (χ2v) is 5.93. The third kappa shape index (κ3) is 3.92. The number of ether oxygens (including phenoxy) is 1. The fraction of sp³-hybridized carbons (Fsp3) is 0.100. The standard InChI is InChI=1S/C20H17N3O4/c1-11-17(23-18(19(21)24)12(2)22-11)15-5-3-13(4-6-15)14-7-9-16(10-8-14)27-20(25)26/h3-10H,1-2H3,(H2,21,24)(H,25,26). The number of nitrogens with zero attached hydrogens (tertiary/aromatic N) is 2. The van der Waals surface area contributed by atoms with Crippen molar-refractivity contribution in [1.82, 2.24) is 9.97 Å². The Morgan fingerprint density at radius 3 is 1.89 bits per heavy atom. The van der Waals surface area contributed by atoms with E-state index >= 15 is 0 Å². The van der Waals surface area contributed by atoms with Gasteiger partial charge in [0.05, 0.1) is 17.1 Å². The summed E-state index contributed by atoms with van der Waals surface area (Å²) in [7, 11) is 0. The van der Waals surface area contributed by atoms with Gasteiger partial charge in [0.25, 0.3) is 5.91 Å². The van der Waals surface area contributed by atoms with E-state index in [1.165, 1.54) is 0 Å². The van der Waals surface area contributed by atoms with E-state index in [9.17, 15) is 9.59 Å². The zero-order valence-electron chi connectivity index (χ0n) is 14.8. The first kappa shape index (κ1) is 18.1. The highest BCUT2D eigenvalue weighted by atomic mass is 16.7. The summed E-state index contributed by atoms with van der Waals surface area (Å²) in [4.78, 5) is 30.8. The number of carbonyl (C=O) groups excluding carboxylic acids is 1. The lowest BCUT2D eigenvalue weighted by Gasteiger charge is -2.10. The molecule has 136 valence electrons. The number of amides is 1. The van der Waals surface area contributed by atoms with Crippen LogP contribution in [0.25, 0.3) is 22.4 Å². The molecule has 3 N–H and O–H groups in total. The van der Waals surface area contributed by atoms with E-state index in [-0.39, 0.29) is 11.4 Å². The van der Waals surface area contributed by atoms with Gasteiger partial charge in [-0.3, -0.25) is 9.78 Å². The maximum atomic E-state index is 11.5. The minimum atomic E-state index is -1.35. The molecule has 0 saturated carbocycles. The van der Waals surface area contributed by atoms with Crippen LogP contribution in [0.2, 0.25) is 0 Å². The Bertz CT molecular complexity index is 1010. The summed E-state index contributed by atoms with van der Waals surface area (Å²) < 4.78 is 4.60. The molecule has 1 amide bonds. The Morgan fingerprint density at radius 2 is 1.37 bits per heavy atom. The minimum Gasteiger partial charge on any atom is -0.449 e. The molecule has 3 rings (SSSR count). The smallest absolute Gasteiger partial charge is 0.449 e. The molecule has 0 fully saturated rings. The number of primary amides is 1. The van der Waals surface area contributed by atoms with Crippen LogP contribution < -0.4 is 10.5 Å². The Morgan fingerprint density at radius 1 is 0.852 bits per heavy atom. The number of aryl methyl sites for hydroxylation is 2. The van der Waals surface area contributed by atoms with E-state index in [0.29, 0.717) is 17.1 Å². The maximum Gasteiger partial charge on any atom is 0.511 e. The summed E-state index contributed by atoms with van der Waals surface area (Å²) in [6, 6.07) is 14.3. The Balaban J connectivity index is 1.91. The second kappa shape index (κ2) is 7.25. The van der Waals surface area contributed by atoms with Crippen LogP contribution in [0.1, 0.15) is 21.9 Å². The second-order valence-electron chi connectivity index (χ2n) is 5.93. The van der Waals surface area contributed by atoms with Crippen molar-refractivity contribution in [2.75, 3.05) is 0 Å². The lowest BCUT2D eigenvalue weighted by Crippen LogP contribution is -2.17. The first-order valence-electron chi connectivity index (χ1n) is 8.12. The van der Waals surface area contributed by atoms with Gasteiger partial charge in [-0.1, -0.05) is 36.4 Å². The Labute approximate surface area is 155 Å². The zero-order valence-corrected chi connectivity index (χ0v) is 14.8. The van der Waals surface area contributed by atoms with Crippen LogP contribution in [0.3, 0.4) is 0 Å². The van der Waals surface area contributed by atoms with Crippen LogP contribution in [0, 0.1) is 13.8 Å². The van der Waals surface area contributed by atoms with Crippen molar-refractivity contribution in [3.05, 3.63) is 65.6 Å². The molecular formula is C20H17N3O4. The van der Waals surface area contributed by atoms with Gasteiger partial charge in [0, 0.05) is 5.56 Å². The number of aromatic nitrogens is 2. The van der Waals surface area contributed by atoms with Crippen molar-refractivity contribution in [1.29, 1.82) is 0 Å². The van der Waals surface area contributed by atoms with Crippen molar-refractivity contribution in [2.24, 2.45) is 5.73 Å². The molecule has 1 aromatic heterocycles. The molecule has 2 aromatic carbocycles. The molecule has 3 aromatic rings. The van der Waals surface area contributed by atoms with E-state index in [2.05, 4.69) is 14.7 Å². The van der Waals surface area contributed by atoms with E-state index in [1.54, 1.807) is 31.2 Å². The van der Waals surface area contributed by atoms with Crippen molar-refractivity contribution >= 4 is 12.1 Å². The van der Waals surface area contributed by atoms with Gasteiger partial charge in [0.15, 0.2) is 0 Å². The normalized spacial score (nSPS) is 10.4. The summed E-state index contributed by atoms with van der Waals surface area (Å²) in [6.07, 6.45) is -1.35. The van der Waals surface area contributed by atoms with Gasteiger partial charge >= 0.3 is 6.16 Å². The topological polar surface area (TPSA) is 115 Å². The number of hydrogen-bond acceptors (Lipinski definition) is 5. The molecule has 0 saturated heterocycles. The summed E-state index contributed by atoms with van der Waals surface area (Å²) in [6.45, 7) is 3.53. The molecule has 0 radical (unpaired) electrons. The first-order chi connectivity index (χ1) is 12.8. The van der Waals surface area contributed by atoms with Crippen LogP contribution in [-0.2, 0) is 0 Å².